The molecule has 0 N–H and O–H groups in total. The van der Waals surface area contributed by atoms with E-state index >= 15 is 0 Å². The summed E-state index contributed by atoms with van der Waals surface area (Å²) < 4.78 is 6.83. The molecule has 15 heavy (non-hydrogen) atoms. The summed E-state index contributed by atoms with van der Waals surface area (Å²) in [4.78, 5) is 17.9. The van der Waals surface area contributed by atoms with Gasteiger partial charge in [-0.3, -0.25) is 9.36 Å². The van der Waals surface area contributed by atoms with Crippen molar-refractivity contribution in [2.45, 2.75) is 13.5 Å². The van der Waals surface area contributed by atoms with E-state index in [1.165, 1.54) is 0 Å². The molecule has 0 saturated carbocycles. The van der Waals surface area contributed by atoms with Gasteiger partial charge in [0.15, 0.2) is 0 Å². The third-order valence-corrected chi connectivity index (χ3v) is 2.54. The van der Waals surface area contributed by atoms with Crippen molar-refractivity contribution in [2.24, 2.45) is 0 Å². The number of nitrogens with zero attached hydrogens (tertiary/aromatic N) is 3. The first-order valence-corrected chi connectivity index (χ1v) is 5.20. The molecule has 82 valence electrons. The smallest absolute Gasteiger partial charge is 0.255 e. The van der Waals surface area contributed by atoms with Crippen LogP contribution in [0, 0.1) is 0 Å². The van der Waals surface area contributed by atoms with Crippen LogP contribution in [0.15, 0.2) is 17.2 Å². The number of ether oxygens (including phenoxy) is 1. The Hall–Kier alpha value is -1.36. The van der Waals surface area contributed by atoms with Crippen LogP contribution in [0.5, 0.6) is 0 Å². The number of hydrogen-bond acceptors (Lipinski definition) is 4. The molecule has 0 spiro atoms. The highest BCUT2D eigenvalue weighted by Gasteiger charge is 2.12. The summed E-state index contributed by atoms with van der Waals surface area (Å²) in [5.74, 6) is 0.757. The number of aromatic nitrogens is 2. The molecular formula is C10H15N3O2. The van der Waals surface area contributed by atoms with Crippen molar-refractivity contribution in [3.8, 4) is 0 Å². The lowest BCUT2D eigenvalue weighted by molar-refractivity contribution is 0.122. The average Bonchev–Trinajstić information content (AvgIpc) is 2.30. The molecule has 5 heteroatoms. The minimum atomic E-state index is 0.00833. The normalized spacial score (nSPS) is 16.7. The van der Waals surface area contributed by atoms with Gasteiger partial charge < -0.3 is 9.64 Å². The van der Waals surface area contributed by atoms with Gasteiger partial charge in [0.1, 0.15) is 5.82 Å². The lowest BCUT2D eigenvalue weighted by Gasteiger charge is -2.27. The van der Waals surface area contributed by atoms with E-state index in [1.807, 2.05) is 6.92 Å². The lowest BCUT2D eigenvalue weighted by atomic mass is 10.4. The summed E-state index contributed by atoms with van der Waals surface area (Å²) in [6.07, 6.45) is 1.60. The molecule has 0 unspecified atom stereocenters. The molecule has 2 heterocycles. The van der Waals surface area contributed by atoms with Crippen LogP contribution in [-0.4, -0.2) is 35.9 Å². The maximum Gasteiger partial charge on any atom is 0.255 e. The van der Waals surface area contributed by atoms with Gasteiger partial charge in [0.2, 0.25) is 0 Å². The average molecular weight is 209 g/mol. The van der Waals surface area contributed by atoms with Gasteiger partial charge in [0, 0.05) is 25.7 Å². The molecule has 0 aliphatic carbocycles. The van der Waals surface area contributed by atoms with E-state index in [2.05, 4.69) is 9.88 Å². The molecule has 1 aromatic heterocycles. The Morgan fingerprint density at radius 1 is 1.47 bits per heavy atom. The number of anilines is 1. The molecule has 0 bridgehead atoms. The molecule has 1 aliphatic rings. The summed E-state index contributed by atoms with van der Waals surface area (Å²) in [7, 11) is 0. The van der Waals surface area contributed by atoms with Crippen LogP contribution in [0.1, 0.15) is 6.92 Å². The molecular weight excluding hydrogens is 194 g/mol. The minimum absolute atomic E-state index is 0.00833. The van der Waals surface area contributed by atoms with Crippen LogP contribution in [-0.2, 0) is 11.3 Å². The SMILES string of the molecule is CCn1cnc(N2CCOCC2)cc1=O. The molecule has 0 amide bonds. The van der Waals surface area contributed by atoms with Crippen LogP contribution in [0.25, 0.3) is 0 Å². The minimum Gasteiger partial charge on any atom is -0.378 e. The molecule has 1 aliphatic heterocycles. The quantitative estimate of drug-likeness (QED) is 0.693. The fourth-order valence-electron chi connectivity index (χ4n) is 1.62. The second-order valence-electron chi connectivity index (χ2n) is 3.47. The Kier molecular flexibility index (Phi) is 3.01. The molecule has 0 aromatic carbocycles. The third kappa shape index (κ3) is 2.18. The Labute approximate surface area is 88.3 Å². The van der Waals surface area contributed by atoms with E-state index in [4.69, 9.17) is 4.74 Å². The van der Waals surface area contributed by atoms with Gasteiger partial charge in [-0.05, 0) is 6.92 Å². The second-order valence-corrected chi connectivity index (χ2v) is 3.47. The van der Waals surface area contributed by atoms with Crippen LogP contribution in [0.4, 0.5) is 5.82 Å². The zero-order valence-corrected chi connectivity index (χ0v) is 8.85. The van der Waals surface area contributed by atoms with Crippen LogP contribution in [0.2, 0.25) is 0 Å². The highest BCUT2D eigenvalue weighted by molar-refractivity contribution is 5.36. The molecule has 0 radical (unpaired) electrons. The van der Waals surface area contributed by atoms with Crippen LogP contribution < -0.4 is 10.5 Å². The standard InChI is InChI=1S/C10H15N3O2/c1-2-12-8-11-9(7-10(12)14)13-3-5-15-6-4-13/h7-8H,2-6H2,1H3. The van der Waals surface area contributed by atoms with Crippen molar-refractivity contribution in [1.29, 1.82) is 0 Å². The molecule has 2 rings (SSSR count). The van der Waals surface area contributed by atoms with Gasteiger partial charge in [0.25, 0.3) is 5.56 Å². The predicted molar refractivity (Wildman–Crippen MR) is 57.2 cm³/mol. The van der Waals surface area contributed by atoms with Crippen molar-refractivity contribution in [1.82, 2.24) is 9.55 Å². The first kappa shape index (κ1) is 10.2. The summed E-state index contributed by atoms with van der Waals surface area (Å²) in [5.41, 5.74) is 0.00833. The summed E-state index contributed by atoms with van der Waals surface area (Å²) in [6, 6.07) is 1.59. The van der Waals surface area contributed by atoms with Gasteiger partial charge in [-0.25, -0.2) is 4.98 Å². The maximum atomic E-state index is 11.6. The van der Waals surface area contributed by atoms with Crippen LogP contribution in [0.3, 0.4) is 0 Å². The Morgan fingerprint density at radius 2 is 2.20 bits per heavy atom. The summed E-state index contributed by atoms with van der Waals surface area (Å²) in [5, 5.41) is 0. The van der Waals surface area contributed by atoms with Crippen molar-refractivity contribution in [3.63, 3.8) is 0 Å². The van der Waals surface area contributed by atoms with E-state index in [9.17, 15) is 4.79 Å². The first-order valence-electron chi connectivity index (χ1n) is 5.20. The fraction of sp³-hybridized carbons (Fsp3) is 0.600. The van der Waals surface area contributed by atoms with Crippen molar-refractivity contribution >= 4 is 5.82 Å². The van der Waals surface area contributed by atoms with E-state index in [-0.39, 0.29) is 5.56 Å². The van der Waals surface area contributed by atoms with E-state index in [0.717, 1.165) is 18.9 Å². The molecule has 0 atom stereocenters. The van der Waals surface area contributed by atoms with Gasteiger partial charge in [0.05, 0.1) is 19.5 Å². The third-order valence-electron chi connectivity index (χ3n) is 2.54. The zero-order valence-electron chi connectivity index (χ0n) is 8.85. The number of morpholine rings is 1. The Bertz CT molecular complexity index is 382. The van der Waals surface area contributed by atoms with Gasteiger partial charge in [-0.1, -0.05) is 0 Å². The summed E-state index contributed by atoms with van der Waals surface area (Å²) in [6.45, 7) is 5.62. The molecule has 1 aromatic rings. The largest absolute Gasteiger partial charge is 0.378 e. The van der Waals surface area contributed by atoms with Crippen molar-refractivity contribution in [3.05, 3.63) is 22.7 Å². The monoisotopic (exact) mass is 209 g/mol. The van der Waals surface area contributed by atoms with Crippen molar-refractivity contribution in [2.75, 3.05) is 31.2 Å². The van der Waals surface area contributed by atoms with E-state index in [0.29, 0.717) is 19.8 Å². The highest BCUT2D eigenvalue weighted by Crippen LogP contribution is 2.08. The molecule has 1 saturated heterocycles. The van der Waals surface area contributed by atoms with E-state index < -0.39 is 0 Å². The fourth-order valence-corrected chi connectivity index (χ4v) is 1.62. The van der Waals surface area contributed by atoms with Crippen LogP contribution >= 0.6 is 0 Å². The number of rotatable bonds is 2. The number of hydrogen-bond donors (Lipinski definition) is 0. The van der Waals surface area contributed by atoms with Gasteiger partial charge >= 0.3 is 0 Å². The van der Waals surface area contributed by atoms with Gasteiger partial charge in [-0.15, -0.1) is 0 Å². The zero-order chi connectivity index (χ0) is 10.7. The number of aryl methyl sites for hydroxylation is 1. The highest BCUT2D eigenvalue weighted by atomic mass is 16.5. The lowest BCUT2D eigenvalue weighted by Crippen LogP contribution is -2.37. The Balaban J connectivity index is 2.21. The van der Waals surface area contributed by atoms with Crippen molar-refractivity contribution < 1.29 is 4.74 Å². The Morgan fingerprint density at radius 3 is 2.80 bits per heavy atom. The van der Waals surface area contributed by atoms with Gasteiger partial charge in [-0.2, -0.15) is 0 Å². The maximum absolute atomic E-state index is 11.6. The topological polar surface area (TPSA) is 47.4 Å². The molecule has 1 fully saturated rings. The molecule has 5 nitrogen and oxygen atoms in total. The second kappa shape index (κ2) is 4.44. The predicted octanol–water partition coefficient (Wildman–Crippen LogP) is 0.0998. The summed E-state index contributed by atoms with van der Waals surface area (Å²) >= 11 is 0. The first-order chi connectivity index (χ1) is 7.31. The van der Waals surface area contributed by atoms with E-state index in [1.54, 1.807) is 17.0 Å².